The van der Waals surface area contributed by atoms with Crippen LogP contribution in [0.2, 0.25) is 0 Å². The number of allylic oxidation sites excluding steroid dienone is 2. The van der Waals surface area contributed by atoms with E-state index in [1.807, 2.05) is 56.3 Å². The highest BCUT2D eigenvalue weighted by Gasteiger charge is 2.61. The van der Waals surface area contributed by atoms with Crippen LogP contribution in [0.4, 0.5) is 5.69 Å². The number of anilines is 1. The second kappa shape index (κ2) is 8.00. The van der Waals surface area contributed by atoms with Crippen molar-refractivity contribution < 1.29 is 14.4 Å². The van der Waals surface area contributed by atoms with E-state index in [-0.39, 0.29) is 41.4 Å². The first kappa shape index (κ1) is 21.1. The zero-order chi connectivity index (χ0) is 22.6. The average molecular weight is 493 g/mol. The normalized spacial score (nSPS) is 26.5. The molecule has 3 amide bonds. The van der Waals surface area contributed by atoms with Crippen molar-refractivity contribution in [3.8, 4) is 0 Å². The van der Waals surface area contributed by atoms with Crippen molar-refractivity contribution >= 4 is 39.3 Å². The van der Waals surface area contributed by atoms with E-state index in [1.54, 1.807) is 0 Å². The molecule has 32 heavy (non-hydrogen) atoms. The topological polar surface area (TPSA) is 66.5 Å². The summed E-state index contributed by atoms with van der Waals surface area (Å²) in [5.41, 5.74) is 3.51. The molecule has 2 bridgehead atoms. The zero-order valence-electron chi connectivity index (χ0n) is 18.0. The second-order valence-corrected chi connectivity index (χ2v) is 10.0. The van der Waals surface area contributed by atoms with E-state index >= 15 is 0 Å². The number of nitrogens with zero attached hydrogens (tertiary/aromatic N) is 1. The lowest BCUT2D eigenvalue weighted by Crippen LogP contribution is -2.49. The van der Waals surface area contributed by atoms with Crippen LogP contribution >= 0.6 is 15.9 Å². The summed E-state index contributed by atoms with van der Waals surface area (Å²) >= 11 is 3.52. The molecule has 164 valence electrons. The van der Waals surface area contributed by atoms with Gasteiger partial charge in [-0.25, -0.2) is 0 Å². The Morgan fingerprint density at radius 3 is 2.28 bits per heavy atom. The molecule has 2 aliphatic carbocycles. The Hall–Kier alpha value is -2.73. The summed E-state index contributed by atoms with van der Waals surface area (Å²) < 4.78 is 0.967. The number of carbonyl (C=O) groups excluding carboxylic acids is 3. The van der Waals surface area contributed by atoms with Crippen LogP contribution < -0.4 is 5.32 Å². The molecule has 6 heteroatoms. The minimum atomic E-state index is -0.884. The molecule has 5 rings (SSSR count). The first-order chi connectivity index (χ1) is 15.3. The van der Waals surface area contributed by atoms with E-state index < -0.39 is 6.04 Å². The summed E-state index contributed by atoms with van der Waals surface area (Å²) in [5.74, 6) is -1.14. The molecular formula is C26H25BrN2O3. The molecule has 5 atom stereocenters. The number of aryl methyl sites for hydroxylation is 2. The molecule has 0 unspecified atom stereocenters. The maximum Gasteiger partial charge on any atom is 0.248 e. The highest BCUT2D eigenvalue weighted by atomic mass is 79.9. The van der Waals surface area contributed by atoms with E-state index in [4.69, 9.17) is 0 Å². The zero-order valence-corrected chi connectivity index (χ0v) is 19.6. The van der Waals surface area contributed by atoms with Crippen molar-refractivity contribution in [2.24, 2.45) is 23.7 Å². The molecule has 1 aliphatic heterocycles. The fourth-order valence-electron chi connectivity index (χ4n) is 5.50. The van der Waals surface area contributed by atoms with Crippen molar-refractivity contribution in [3.05, 3.63) is 75.8 Å². The van der Waals surface area contributed by atoms with Gasteiger partial charge in [0, 0.05) is 16.6 Å². The maximum atomic E-state index is 13.6. The minimum absolute atomic E-state index is 0.114. The van der Waals surface area contributed by atoms with Crippen molar-refractivity contribution in [1.82, 2.24) is 4.90 Å². The van der Waals surface area contributed by atoms with E-state index in [1.165, 1.54) is 4.90 Å². The number of hydrogen-bond acceptors (Lipinski definition) is 3. The van der Waals surface area contributed by atoms with Gasteiger partial charge in [-0.05, 0) is 60.9 Å². The lowest BCUT2D eigenvalue weighted by atomic mass is 9.85. The van der Waals surface area contributed by atoms with Crippen LogP contribution in [0.5, 0.6) is 0 Å². The number of likely N-dealkylation sites (tertiary alicyclic amines) is 1. The van der Waals surface area contributed by atoms with Gasteiger partial charge in [0.15, 0.2) is 0 Å². The summed E-state index contributed by atoms with van der Waals surface area (Å²) in [4.78, 5) is 41.7. The molecular weight excluding hydrogens is 468 g/mol. The van der Waals surface area contributed by atoms with Crippen molar-refractivity contribution in [2.45, 2.75) is 32.7 Å². The molecule has 5 nitrogen and oxygen atoms in total. The number of nitrogens with one attached hydrogen (secondary N) is 1. The molecule has 3 aliphatic rings. The van der Waals surface area contributed by atoms with E-state index in [9.17, 15) is 14.4 Å². The third kappa shape index (κ3) is 3.41. The Morgan fingerprint density at radius 1 is 1.03 bits per heavy atom. The van der Waals surface area contributed by atoms with Crippen molar-refractivity contribution in [1.29, 1.82) is 0 Å². The van der Waals surface area contributed by atoms with Gasteiger partial charge in [0.2, 0.25) is 17.7 Å². The number of halogens is 1. The van der Waals surface area contributed by atoms with E-state index in [2.05, 4.69) is 33.4 Å². The van der Waals surface area contributed by atoms with Gasteiger partial charge < -0.3 is 5.32 Å². The number of imide groups is 1. The summed E-state index contributed by atoms with van der Waals surface area (Å²) in [6, 6.07) is 12.5. The number of rotatable bonds is 5. The highest BCUT2D eigenvalue weighted by molar-refractivity contribution is 9.10. The van der Waals surface area contributed by atoms with Crippen molar-refractivity contribution in [3.63, 3.8) is 0 Å². The van der Waals surface area contributed by atoms with Crippen LogP contribution in [-0.4, -0.2) is 28.7 Å². The molecule has 1 N–H and O–H groups in total. The molecule has 0 spiro atoms. The van der Waals surface area contributed by atoms with Gasteiger partial charge in [0.05, 0.1) is 11.8 Å². The number of amides is 3. The lowest BCUT2D eigenvalue weighted by Gasteiger charge is -2.27. The van der Waals surface area contributed by atoms with Gasteiger partial charge in [-0.15, -0.1) is 0 Å². The van der Waals surface area contributed by atoms with Gasteiger partial charge in [-0.1, -0.05) is 58.4 Å². The Bertz CT molecular complexity index is 1110. The van der Waals surface area contributed by atoms with Crippen LogP contribution in [-0.2, 0) is 20.8 Å². The maximum absolute atomic E-state index is 13.6. The molecule has 2 aromatic rings. The Kier molecular flexibility index (Phi) is 5.28. The Morgan fingerprint density at radius 2 is 1.66 bits per heavy atom. The predicted molar refractivity (Wildman–Crippen MR) is 126 cm³/mol. The fraction of sp³-hybridized carbons (Fsp3) is 0.346. The average Bonchev–Trinajstić information content (AvgIpc) is 3.45. The number of hydrogen-bond donors (Lipinski definition) is 1. The van der Waals surface area contributed by atoms with Crippen LogP contribution in [0.1, 0.15) is 23.1 Å². The summed E-state index contributed by atoms with van der Waals surface area (Å²) in [6.07, 6.45) is 5.30. The molecule has 1 heterocycles. The van der Waals surface area contributed by atoms with Crippen LogP contribution in [0.15, 0.2) is 59.1 Å². The molecule has 0 radical (unpaired) electrons. The Labute approximate surface area is 196 Å². The first-order valence-electron chi connectivity index (χ1n) is 11.0. The van der Waals surface area contributed by atoms with Crippen LogP contribution in [0.3, 0.4) is 0 Å². The number of benzene rings is 2. The van der Waals surface area contributed by atoms with E-state index in [0.29, 0.717) is 12.1 Å². The minimum Gasteiger partial charge on any atom is -0.324 e. The fourth-order valence-corrected chi connectivity index (χ4v) is 5.96. The third-order valence-corrected chi connectivity index (χ3v) is 8.01. The molecule has 1 saturated carbocycles. The van der Waals surface area contributed by atoms with Gasteiger partial charge in [-0.3, -0.25) is 19.3 Å². The molecule has 1 saturated heterocycles. The molecule has 2 aromatic carbocycles. The smallest absolute Gasteiger partial charge is 0.248 e. The number of fused-ring (bicyclic) bond motifs is 5. The molecule has 0 aromatic heterocycles. The van der Waals surface area contributed by atoms with E-state index in [0.717, 1.165) is 27.6 Å². The standard InChI is InChI=1S/C26H25BrN2O3/c1-14-11-20(15(2)10-19(14)27)28-24(30)21(12-16-6-4-3-5-7-16)29-25(31)22-17-8-9-18(13-17)23(22)26(29)32/h3-11,17-18,21-23H,12-13H2,1-2H3,(H,28,30)/t17-,18-,21-,22-,23-/m0/s1. The SMILES string of the molecule is Cc1cc(NC(=O)[C@H](Cc2ccccc2)N2C(=O)[C@@H]3[C@@H](C2=O)[C@H]2C=C[C@H]3C2)c(C)cc1Br. The quantitative estimate of drug-likeness (QED) is 0.496. The van der Waals surface area contributed by atoms with Gasteiger partial charge in [0.1, 0.15) is 6.04 Å². The third-order valence-electron chi connectivity index (χ3n) is 7.15. The van der Waals surface area contributed by atoms with Crippen LogP contribution in [0, 0.1) is 37.5 Å². The van der Waals surface area contributed by atoms with Gasteiger partial charge >= 0.3 is 0 Å². The summed E-state index contributed by atoms with van der Waals surface area (Å²) in [6.45, 7) is 3.88. The highest BCUT2D eigenvalue weighted by Crippen LogP contribution is 2.53. The lowest BCUT2D eigenvalue weighted by molar-refractivity contribution is -0.147. The predicted octanol–water partition coefficient (Wildman–Crippen LogP) is 4.42. The van der Waals surface area contributed by atoms with Crippen molar-refractivity contribution in [2.75, 3.05) is 5.32 Å². The second-order valence-electron chi connectivity index (χ2n) is 9.16. The van der Waals surface area contributed by atoms with Gasteiger partial charge in [0.25, 0.3) is 0 Å². The van der Waals surface area contributed by atoms with Gasteiger partial charge in [-0.2, -0.15) is 0 Å². The summed E-state index contributed by atoms with van der Waals surface area (Å²) in [7, 11) is 0. The largest absolute Gasteiger partial charge is 0.324 e. The number of carbonyl (C=O) groups is 3. The Balaban J connectivity index is 1.47. The first-order valence-corrected chi connectivity index (χ1v) is 11.8. The molecule has 2 fully saturated rings. The summed E-state index contributed by atoms with van der Waals surface area (Å²) in [5, 5.41) is 3.00. The van der Waals surface area contributed by atoms with Crippen LogP contribution in [0.25, 0.3) is 0 Å². The monoisotopic (exact) mass is 492 g/mol.